The maximum Gasteiger partial charge on any atom is 0.332 e. The van der Waals surface area contributed by atoms with Crippen LogP contribution in [0.5, 0.6) is 5.75 Å². The molecule has 0 aromatic heterocycles. The Hall–Kier alpha value is -1.37. The summed E-state index contributed by atoms with van der Waals surface area (Å²) in [4.78, 5) is 12.0. The first-order valence-corrected chi connectivity index (χ1v) is 13.2. The highest BCUT2D eigenvalue weighted by molar-refractivity contribution is 8.24. The van der Waals surface area contributed by atoms with Crippen molar-refractivity contribution in [1.29, 1.82) is 0 Å². The Bertz CT molecular complexity index is 885. The van der Waals surface area contributed by atoms with E-state index in [1.165, 1.54) is 11.4 Å². The normalized spacial score (nSPS) is 20.8. The van der Waals surface area contributed by atoms with E-state index >= 15 is 0 Å². The lowest BCUT2D eigenvalue weighted by Crippen LogP contribution is -2.52. The van der Waals surface area contributed by atoms with Crippen molar-refractivity contribution in [2.24, 2.45) is 0 Å². The van der Waals surface area contributed by atoms with Crippen LogP contribution in [-0.4, -0.2) is 77.8 Å². The Morgan fingerprint density at radius 1 is 1.23 bits per heavy atom. The number of sulfonamides is 1. The second-order valence-corrected chi connectivity index (χ2v) is 12.8. The summed E-state index contributed by atoms with van der Waals surface area (Å²) in [5, 5.41) is 0. The molecule has 0 saturated carbocycles. The molecule has 1 atom stereocenters. The molecule has 2 rings (SSSR count). The lowest BCUT2D eigenvalue weighted by molar-refractivity contribution is -0.160. The molecule has 11 heteroatoms. The van der Waals surface area contributed by atoms with Gasteiger partial charge in [-0.25, -0.2) is 13.2 Å². The maximum atomic E-state index is 13.5. The van der Waals surface area contributed by atoms with Crippen LogP contribution >= 0.6 is 10.6 Å². The molecule has 1 saturated heterocycles. The van der Waals surface area contributed by atoms with E-state index in [9.17, 15) is 22.3 Å². The summed E-state index contributed by atoms with van der Waals surface area (Å²) in [6, 6.07) is 2.46. The Morgan fingerprint density at radius 2 is 1.81 bits per heavy atom. The lowest BCUT2D eigenvalue weighted by atomic mass is 10.1. The first-order chi connectivity index (χ1) is 14.2. The van der Waals surface area contributed by atoms with Crippen molar-refractivity contribution in [3.8, 4) is 5.75 Å². The van der Waals surface area contributed by atoms with Gasteiger partial charge in [-0.15, -0.1) is 0 Å². The minimum atomic E-state index is -3.95. The largest absolute Gasteiger partial charge is 0.497 e. The van der Waals surface area contributed by atoms with Crippen LogP contribution in [0.15, 0.2) is 17.0 Å². The van der Waals surface area contributed by atoms with Crippen LogP contribution in [0.2, 0.25) is 0 Å². The Labute approximate surface area is 186 Å². The molecule has 1 aliphatic heterocycles. The monoisotopic (exact) mass is 479 g/mol. The van der Waals surface area contributed by atoms with Crippen LogP contribution in [0.3, 0.4) is 0 Å². The average molecular weight is 480 g/mol. The van der Waals surface area contributed by atoms with Gasteiger partial charge in [-0.2, -0.15) is 14.9 Å². The first kappa shape index (κ1) is 25.9. The average Bonchev–Trinajstić information content (AvgIpc) is 2.58. The highest BCUT2D eigenvalue weighted by Crippen LogP contribution is 2.44. The van der Waals surface area contributed by atoms with E-state index in [1.807, 2.05) is 0 Å². The van der Waals surface area contributed by atoms with Gasteiger partial charge in [0.2, 0.25) is 10.0 Å². The van der Waals surface area contributed by atoms with Crippen LogP contribution in [0.25, 0.3) is 0 Å². The summed E-state index contributed by atoms with van der Waals surface area (Å²) in [7, 11) is -5.38. The molecule has 1 aromatic carbocycles. The van der Waals surface area contributed by atoms with Gasteiger partial charge in [0.15, 0.2) is 0 Å². The molecule has 0 radical (unpaired) electrons. The van der Waals surface area contributed by atoms with Gasteiger partial charge in [-0.05, 0) is 57.9 Å². The van der Waals surface area contributed by atoms with Crippen LogP contribution < -0.4 is 4.74 Å². The molecule has 1 unspecified atom stereocenters. The second-order valence-electron chi connectivity index (χ2n) is 8.63. The van der Waals surface area contributed by atoms with Crippen molar-refractivity contribution in [2.45, 2.75) is 51.2 Å². The van der Waals surface area contributed by atoms with E-state index in [4.69, 9.17) is 14.2 Å². The third-order valence-electron chi connectivity index (χ3n) is 4.69. The molecule has 9 nitrogen and oxygen atoms in total. The predicted octanol–water partition coefficient (Wildman–Crippen LogP) is 2.79. The quantitative estimate of drug-likeness (QED) is 0.573. The Morgan fingerprint density at radius 3 is 2.32 bits per heavy atom. The number of carbonyl (C=O) groups is 1. The fraction of sp³-hybridized carbons (Fsp3) is 0.650. The number of nitrogens with zero attached hydrogens (tertiary/aromatic N) is 1. The van der Waals surface area contributed by atoms with Crippen molar-refractivity contribution in [3.63, 3.8) is 0 Å². The van der Waals surface area contributed by atoms with Gasteiger partial charge in [0.1, 0.15) is 18.0 Å². The van der Waals surface area contributed by atoms with Gasteiger partial charge in [-0.1, -0.05) is 0 Å². The SMILES string of the molecule is COc1cc(C)c(S(=O)(=O)N2CCS(O)(O)CC2COCC(=O)OC(C)(C)C)c(C)c1. The molecule has 2 N–H and O–H groups in total. The van der Waals surface area contributed by atoms with Gasteiger partial charge >= 0.3 is 5.97 Å². The summed E-state index contributed by atoms with van der Waals surface area (Å²) in [5.74, 6) is -0.233. The summed E-state index contributed by atoms with van der Waals surface area (Å²) in [6.07, 6.45) is 0. The molecule has 0 bridgehead atoms. The molecular weight excluding hydrogens is 446 g/mol. The number of hydrogen-bond acceptors (Lipinski definition) is 8. The van der Waals surface area contributed by atoms with Crippen molar-refractivity contribution in [2.75, 3.05) is 38.4 Å². The topological polar surface area (TPSA) is 123 Å². The lowest BCUT2D eigenvalue weighted by Gasteiger charge is -2.45. The highest BCUT2D eigenvalue weighted by Gasteiger charge is 2.40. The zero-order chi connectivity index (χ0) is 23.6. The first-order valence-electron chi connectivity index (χ1n) is 9.86. The molecule has 1 fully saturated rings. The van der Waals surface area contributed by atoms with Gasteiger partial charge in [0.05, 0.1) is 36.2 Å². The van der Waals surface area contributed by atoms with Crippen molar-refractivity contribution in [1.82, 2.24) is 4.31 Å². The summed E-state index contributed by atoms with van der Waals surface area (Å²) >= 11 is 0. The molecule has 178 valence electrons. The van der Waals surface area contributed by atoms with Crippen molar-refractivity contribution in [3.05, 3.63) is 23.3 Å². The van der Waals surface area contributed by atoms with Crippen LogP contribution in [0.4, 0.5) is 0 Å². The summed E-state index contributed by atoms with van der Waals surface area (Å²) in [5.41, 5.74) is 0.393. The summed E-state index contributed by atoms with van der Waals surface area (Å²) < 4.78 is 64.5. The number of benzene rings is 1. The van der Waals surface area contributed by atoms with Gasteiger partial charge in [-0.3, -0.25) is 9.11 Å². The number of methoxy groups -OCH3 is 1. The number of esters is 1. The fourth-order valence-electron chi connectivity index (χ4n) is 3.54. The zero-order valence-corrected chi connectivity index (χ0v) is 20.5. The highest BCUT2D eigenvalue weighted by atomic mass is 32.3. The molecule has 31 heavy (non-hydrogen) atoms. The van der Waals surface area contributed by atoms with Crippen LogP contribution in [0, 0.1) is 13.8 Å². The Kier molecular flexibility index (Phi) is 8.05. The predicted molar refractivity (Wildman–Crippen MR) is 119 cm³/mol. The minimum absolute atomic E-state index is 0.0525. The third-order valence-corrected chi connectivity index (χ3v) is 8.70. The van der Waals surface area contributed by atoms with Gasteiger partial charge in [0, 0.05) is 6.54 Å². The maximum absolute atomic E-state index is 13.5. The molecule has 1 heterocycles. The number of ether oxygens (including phenoxy) is 3. The number of aryl methyl sites for hydroxylation is 2. The number of hydrogen-bond donors (Lipinski definition) is 2. The smallest absolute Gasteiger partial charge is 0.332 e. The van der Waals surface area contributed by atoms with Crippen molar-refractivity contribution >= 4 is 26.6 Å². The van der Waals surface area contributed by atoms with E-state index in [-0.39, 0.29) is 36.2 Å². The molecule has 0 amide bonds. The number of rotatable bonds is 7. The number of carbonyl (C=O) groups excluding carboxylic acids is 1. The second kappa shape index (κ2) is 9.63. The van der Waals surface area contributed by atoms with Gasteiger partial charge < -0.3 is 14.2 Å². The van der Waals surface area contributed by atoms with Crippen molar-refractivity contribution < 1.29 is 36.5 Å². The fourth-order valence-corrected chi connectivity index (χ4v) is 7.33. The van der Waals surface area contributed by atoms with E-state index in [1.54, 1.807) is 46.8 Å². The molecule has 0 spiro atoms. The Balaban J connectivity index is 2.25. The van der Waals surface area contributed by atoms with E-state index in [0.29, 0.717) is 16.9 Å². The summed E-state index contributed by atoms with van der Waals surface area (Å²) in [6.45, 7) is 7.99. The molecule has 0 aliphatic carbocycles. The zero-order valence-electron chi connectivity index (χ0n) is 18.9. The molecule has 1 aliphatic rings. The van der Waals surface area contributed by atoms with Crippen LogP contribution in [0.1, 0.15) is 31.9 Å². The standard InChI is InChI=1S/C20H33NO8S2/c1-14-9-17(27-6)10-15(2)19(14)31(25,26)21-7-8-30(23,24)13-16(21)11-28-12-18(22)29-20(3,4)5/h9-10,16,23-24H,7-8,11-13H2,1-6H3. The van der Waals surface area contributed by atoms with E-state index in [0.717, 1.165) is 0 Å². The van der Waals surface area contributed by atoms with E-state index in [2.05, 4.69) is 0 Å². The molecule has 1 aromatic rings. The third kappa shape index (κ3) is 6.80. The minimum Gasteiger partial charge on any atom is -0.497 e. The van der Waals surface area contributed by atoms with Gasteiger partial charge in [0.25, 0.3) is 0 Å². The van der Waals surface area contributed by atoms with Crippen LogP contribution in [-0.2, 0) is 24.3 Å². The van der Waals surface area contributed by atoms with E-state index < -0.39 is 38.2 Å². The molecular formula is C20H33NO8S2.